The molecule has 36 heavy (non-hydrogen) atoms. The molecule has 0 aliphatic heterocycles. The van der Waals surface area contributed by atoms with Gasteiger partial charge in [-0.05, 0) is 42.2 Å². The van der Waals surface area contributed by atoms with Crippen LogP contribution in [0.4, 0.5) is 4.79 Å². The molecule has 0 aliphatic rings. The zero-order chi connectivity index (χ0) is 26.0. The zero-order valence-electron chi connectivity index (χ0n) is 20.9. The first-order chi connectivity index (χ1) is 17.3. The molecule has 0 unspecified atom stereocenters. The molecule has 0 bridgehead atoms. The van der Waals surface area contributed by atoms with E-state index in [0.717, 1.165) is 5.56 Å². The van der Waals surface area contributed by atoms with Gasteiger partial charge in [0, 0.05) is 12.1 Å². The van der Waals surface area contributed by atoms with Gasteiger partial charge in [0.15, 0.2) is 5.78 Å². The quantitative estimate of drug-likeness (QED) is 0.271. The summed E-state index contributed by atoms with van der Waals surface area (Å²) in [7, 11) is -1.01. The minimum Gasteiger partial charge on any atom is -0.497 e. The van der Waals surface area contributed by atoms with Crippen LogP contribution in [-0.2, 0) is 15.9 Å². The highest BCUT2D eigenvalue weighted by molar-refractivity contribution is 7.55. The number of benzene rings is 3. The number of alkyl carbamates (subject to hydrolysis) is 1. The largest absolute Gasteiger partial charge is 0.497 e. The lowest BCUT2D eigenvalue weighted by Crippen LogP contribution is -2.38. The van der Waals surface area contributed by atoms with Crippen molar-refractivity contribution in [2.24, 2.45) is 5.92 Å². The van der Waals surface area contributed by atoms with E-state index < -0.39 is 19.5 Å². The molecule has 0 aliphatic carbocycles. The Bertz CT molecular complexity index is 1120. The Morgan fingerprint density at radius 3 is 1.83 bits per heavy atom. The lowest BCUT2D eigenvalue weighted by atomic mass is 10.1. The molecule has 0 saturated carbocycles. The topological polar surface area (TPSA) is 92.3 Å². The highest BCUT2D eigenvalue weighted by Gasteiger charge is 2.41. The van der Waals surface area contributed by atoms with E-state index in [9.17, 15) is 9.36 Å². The minimum atomic E-state index is -4.06. The van der Waals surface area contributed by atoms with Gasteiger partial charge in [-0.2, -0.15) is 0 Å². The van der Waals surface area contributed by atoms with Crippen LogP contribution in [-0.4, -0.2) is 26.1 Å². The molecule has 1 amide bonds. The van der Waals surface area contributed by atoms with Crippen LogP contribution >= 0.6 is 7.60 Å². The Labute approximate surface area is 212 Å². The maximum atomic E-state index is 14.4. The highest BCUT2D eigenvalue weighted by Crippen LogP contribution is 2.54. The Hall–Kier alpha value is -3.64. The fourth-order valence-corrected chi connectivity index (χ4v) is 5.42. The lowest BCUT2D eigenvalue weighted by molar-refractivity contribution is 0.136. The van der Waals surface area contributed by atoms with Crippen molar-refractivity contribution in [3.8, 4) is 23.0 Å². The van der Waals surface area contributed by atoms with Gasteiger partial charge in [0.05, 0.1) is 14.2 Å². The van der Waals surface area contributed by atoms with Crippen molar-refractivity contribution in [3.63, 3.8) is 0 Å². The molecule has 9 heteroatoms. The summed E-state index contributed by atoms with van der Waals surface area (Å²) >= 11 is 0. The van der Waals surface area contributed by atoms with Crippen molar-refractivity contribution in [3.05, 3.63) is 84.4 Å². The van der Waals surface area contributed by atoms with E-state index in [-0.39, 0.29) is 24.0 Å². The molecule has 0 saturated heterocycles. The summed E-state index contributed by atoms with van der Waals surface area (Å²) in [6, 6.07) is 22.7. The van der Waals surface area contributed by atoms with Gasteiger partial charge in [0.25, 0.3) is 0 Å². The molecule has 0 aromatic heterocycles. The third kappa shape index (κ3) is 7.95. The predicted molar refractivity (Wildman–Crippen MR) is 138 cm³/mol. The number of rotatable bonds is 12. The third-order valence-electron chi connectivity index (χ3n) is 5.12. The van der Waals surface area contributed by atoms with Gasteiger partial charge < -0.3 is 28.6 Å². The van der Waals surface area contributed by atoms with Crippen LogP contribution in [0.1, 0.15) is 25.8 Å². The fourth-order valence-electron chi connectivity index (χ4n) is 3.37. The molecule has 3 aromatic rings. The third-order valence-corrected chi connectivity index (χ3v) is 7.16. The maximum absolute atomic E-state index is 14.4. The Morgan fingerprint density at radius 2 is 1.33 bits per heavy atom. The smallest absolute Gasteiger partial charge is 0.453 e. The summed E-state index contributed by atoms with van der Waals surface area (Å²) < 4.78 is 42.3. The van der Waals surface area contributed by atoms with Crippen LogP contribution in [0, 0.1) is 5.92 Å². The van der Waals surface area contributed by atoms with Gasteiger partial charge in [0.2, 0.25) is 0 Å². The van der Waals surface area contributed by atoms with Crippen LogP contribution in [0.25, 0.3) is 0 Å². The first-order valence-electron chi connectivity index (χ1n) is 11.6. The van der Waals surface area contributed by atoms with E-state index in [4.69, 9.17) is 23.3 Å². The predicted octanol–water partition coefficient (Wildman–Crippen LogP) is 6.65. The summed E-state index contributed by atoms with van der Waals surface area (Å²) in [5.74, 6) is 0.647. The van der Waals surface area contributed by atoms with Crippen molar-refractivity contribution in [1.29, 1.82) is 0 Å². The van der Waals surface area contributed by atoms with Gasteiger partial charge in [-0.15, -0.1) is 0 Å². The first-order valence-corrected chi connectivity index (χ1v) is 13.2. The molecule has 192 valence electrons. The Kier molecular flexibility index (Phi) is 9.65. The Balaban J connectivity index is 1.90. The number of ether oxygens (including phenoxy) is 3. The van der Waals surface area contributed by atoms with Crippen molar-refractivity contribution in [2.45, 2.75) is 32.7 Å². The molecular formula is C27H32NO7P. The van der Waals surface area contributed by atoms with Gasteiger partial charge in [-0.3, -0.25) is 0 Å². The second-order valence-electron chi connectivity index (χ2n) is 8.43. The van der Waals surface area contributed by atoms with Crippen LogP contribution in [0.5, 0.6) is 23.0 Å². The summed E-state index contributed by atoms with van der Waals surface area (Å²) in [5.41, 5.74) is 0.830. The molecule has 0 spiro atoms. The average molecular weight is 514 g/mol. The van der Waals surface area contributed by atoms with Crippen molar-refractivity contribution in [2.75, 3.05) is 14.2 Å². The van der Waals surface area contributed by atoms with E-state index in [1.807, 2.05) is 44.2 Å². The van der Waals surface area contributed by atoms with Crippen molar-refractivity contribution in [1.82, 2.24) is 5.32 Å². The van der Waals surface area contributed by atoms with E-state index in [2.05, 4.69) is 5.32 Å². The molecule has 1 N–H and O–H groups in total. The second-order valence-corrected chi connectivity index (χ2v) is 10.5. The number of hydrogen-bond acceptors (Lipinski definition) is 7. The van der Waals surface area contributed by atoms with E-state index in [1.165, 1.54) is 14.2 Å². The van der Waals surface area contributed by atoms with Gasteiger partial charge >= 0.3 is 13.7 Å². The van der Waals surface area contributed by atoms with Crippen LogP contribution in [0.15, 0.2) is 78.9 Å². The monoisotopic (exact) mass is 513 g/mol. The van der Waals surface area contributed by atoms with E-state index in [0.29, 0.717) is 17.9 Å². The number of carbonyl (C=O) groups is 1. The van der Waals surface area contributed by atoms with E-state index in [1.54, 1.807) is 48.5 Å². The number of hydrogen-bond donors (Lipinski definition) is 1. The van der Waals surface area contributed by atoms with Crippen molar-refractivity contribution >= 4 is 13.7 Å². The second kappa shape index (κ2) is 12.9. The van der Waals surface area contributed by atoms with Gasteiger partial charge in [-0.25, -0.2) is 9.36 Å². The summed E-state index contributed by atoms with van der Waals surface area (Å²) in [6.45, 7) is 3.97. The number of nitrogens with one attached hydrogen (secondary N) is 1. The normalized spacial score (nSPS) is 11.9. The maximum Gasteiger partial charge on any atom is 0.453 e. The van der Waals surface area contributed by atoms with Gasteiger partial charge in [-0.1, -0.05) is 56.3 Å². The fraction of sp³-hybridized carbons (Fsp3) is 0.296. The molecular weight excluding hydrogens is 481 g/mol. The number of amides is 1. The summed E-state index contributed by atoms with van der Waals surface area (Å²) in [6.07, 6.45) is -0.417. The van der Waals surface area contributed by atoms with Gasteiger partial charge in [0.1, 0.15) is 29.6 Å². The molecule has 8 nitrogen and oxygen atoms in total. The summed E-state index contributed by atoms with van der Waals surface area (Å²) in [4.78, 5) is 12.8. The molecule has 0 radical (unpaired) electrons. The summed E-state index contributed by atoms with van der Waals surface area (Å²) in [5, 5.41) is 2.72. The molecule has 3 rings (SSSR count). The number of methoxy groups -OCH3 is 2. The molecule has 0 heterocycles. The Morgan fingerprint density at radius 1 is 0.806 bits per heavy atom. The number of carbonyl (C=O) groups excluding carboxylic acids is 1. The van der Waals surface area contributed by atoms with Crippen LogP contribution in [0.3, 0.4) is 0 Å². The minimum absolute atomic E-state index is 0.0561. The van der Waals surface area contributed by atoms with Crippen LogP contribution < -0.4 is 23.8 Å². The van der Waals surface area contributed by atoms with Crippen LogP contribution in [0.2, 0.25) is 0 Å². The average Bonchev–Trinajstić information content (AvgIpc) is 2.87. The highest BCUT2D eigenvalue weighted by atomic mass is 31.2. The SMILES string of the molecule is COc1cccc(OP(=O)(Oc2cccc(OC)c2)[C@@H](CC(C)C)NC(=O)OCc2ccccc2)c1. The molecule has 0 fully saturated rings. The van der Waals surface area contributed by atoms with Crippen molar-refractivity contribution < 1.29 is 32.6 Å². The lowest BCUT2D eigenvalue weighted by Gasteiger charge is -2.29. The standard InChI is InChI=1S/C27H32NO7P/c1-20(2)16-26(28-27(29)33-19-21-10-6-5-7-11-21)36(30,34-24-14-8-12-22(17-24)31-3)35-25-15-9-13-23(18-25)32-4/h5-15,17-18,20,26H,16,19H2,1-4H3,(H,28,29)/t26-/m0/s1. The first kappa shape index (κ1) is 27.0. The molecule has 1 atom stereocenters. The zero-order valence-corrected chi connectivity index (χ0v) is 21.8. The molecule has 3 aromatic carbocycles. The van der Waals surface area contributed by atoms with E-state index >= 15 is 0 Å².